The molecule has 0 atom stereocenters. The second-order valence-electron chi connectivity index (χ2n) is 4.26. The number of hydrogen-bond donors (Lipinski definition) is 0. The predicted molar refractivity (Wildman–Crippen MR) is 87.7 cm³/mol. The molecule has 0 N–H and O–H groups in total. The molecule has 0 unspecified atom stereocenters. The molecule has 0 aliphatic rings. The number of nitrogens with zero attached hydrogens (tertiary/aromatic N) is 2. The molecule has 108 valence electrons. The van der Waals surface area contributed by atoms with E-state index in [0.717, 1.165) is 4.47 Å². The number of anilines is 1. The second-order valence-corrected chi connectivity index (χ2v) is 6.03. The minimum Gasteiger partial charge on any atom is -0.311 e. The van der Waals surface area contributed by atoms with Crippen LogP contribution in [0.3, 0.4) is 0 Å². The van der Waals surface area contributed by atoms with E-state index in [1.165, 1.54) is 17.0 Å². The lowest BCUT2D eigenvalue weighted by Crippen LogP contribution is -2.26. The van der Waals surface area contributed by atoms with E-state index in [9.17, 15) is 14.9 Å². The average Bonchev–Trinajstić information content (AvgIpc) is 2.48. The van der Waals surface area contributed by atoms with Crippen molar-refractivity contribution in [2.45, 2.75) is 0 Å². The molecule has 2 aromatic rings. The van der Waals surface area contributed by atoms with Gasteiger partial charge in [0.25, 0.3) is 11.6 Å². The summed E-state index contributed by atoms with van der Waals surface area (Å²) in [6.07, 6.45) is 0. The minimum atomic E-state index is -0.476. The highest BCUT2D eigenvalue weighted by Gasteiger charge is 2.17. The van der Waals surface area contributed by atoms with Crippen LogP contribution in [0, 0.1) is 10.1 Å². The van der Waals surface area contributed by atoms with Gasteiger partial charge in [-0.25, -0.2) is 0 Å². The van der Waals surface area contributed by atoms with Crippen LogP contribution in [-0.2, 0) is 0 Å². The fourth-order valence-electron chi connectivity index (χ4n) is 1.76. The van der Waals surface area contributed by atoms with Crippen molar-refractivity contribution < 1.29 is 9.72 Å². The van der Waals surface area contributed by atoms with Crippen molar-refractivity contribution in [2.24, 2.45) is 0 Å². The SMILES string of the molecule is CN(C(=O)c1cc(Br)ccc1Br)c1ccc([N+](=O)[O-])cc1. The zero-order valence-corrected chi connectivity index (χ0v) is 14.1. The van der Waals surface area contributed by atoms with Gasteiger partial charge in [-0.15, -0.1) is 0 Å². The summed E-state index contributed by atoms with van der Waals surface area (Å²) >= 11 is 6.67. The van der Waals surface area contributed by atoms with Gasteiger partial charge in [-0.2, -0.15) is 0 Å². The van der Waals surface area contributed by atoms with Crippen molar-refractivity contribution in [3.8, 4) is 0 Å². The molecule has 0 spiro atoms. The Labute approximate surface area is 138 Å². The molecule has 0 aliphatic heterocycles. The van der Waals surface area contributed by atoms with Crippen LogP contribution in [0.25, 0.3) is 0 Å². The summed E-state index contributed by atoms with van der Waals surface area (Å²) in [4.78, 5) is 24.1. The highest BCUT2D eigenvalue weighted by molar-refractivity contribution is 9.11. The summed E-state index contributed by atoms with van der Waals surface area (Å²) in [6, 6.07) is 11.1. The number of hydrogen-bond acceptors (Lipinski definition) is 3. The van der Waals surface area contributed by atoms with E-state index in [0.29, 0.717) is 15.7 Å². The van der Waals surface area contributed by atoms with Crippen molar-refractivity contribution in [1.82, 2.24) is 0 Å². The molecule has 0 radical (unpaired) electrons. The zero-order chi connectivity index (χ0) is 15.6. The first-order chi connectivity index (χ1) is 9.90. The number of nitro benzene ring substituents is 1. The maximum absolute atomic E-state index is 12.5. The number of rotatable bonds is 3. The predicted octanol–water partition coefficient (Wildman–Crippen LogP) is 4.40. The van der Waals surface area contributed by atoms with Gasteiger partial charge < -0.3 is 4.90 Å². The minimum absolute atomic E-state index is 0.0109. The standard InChI is InChI=1S/C14H10Br2N2O3/c1-17(10-3-5-11(6-4-10)18(20)21)14(19)12-8-9(15)2-7-13(12)16/h2-8H,1H3. The Morgan fingerprint density at radius 3 is 2.33 bits per heavy atom. The van der Waals surface area contributed by atoms with Gasteiger partial charge in [0.2, 0.25) is 0 Å². The van der Waals surface area contributed by atoms with Crippen molar-refractivity contribution >= 4 is 49.1 Å². The maximum atomic E-state index is 12.5. The van der Waals surface area contributed by atoms with Gasteiger partial charge in [-0.05, 0) is 46.3 Å². The van der Waals surface area contributed by atoms with E-state index in [2.05, 4.69) is 31.9 Å². The number of benzene rings is 2. The van der Waals surface area contributed by atoms with E-state index in [4.69, 9.17) is 0 Å². The van der Waals surface area contributed by atoms with Gasteiger partial charge in [0.1, 0.15) is 0 Å². The summed E-state index contributed by atoms with van der Waals surface area (Å²) in [5.74, 6) is -0.211. The molecule has 2 aromatic carbocycles. The molecule has 0 heterocycles. The number of halogens is 2. The van der Waals surface area contributed by atoms with Crippen LogP contribution in [0.2, 0.25) is 0 Å². The van der Waals surface area contributed by atoms with Gasteiger partial charge in [0.15, 0.2) is 0 Å². The third kappa shape index (κ3) is 3.48. The number of nitro groups is 1. The van der Waals surface area contributed by atoms with Crippen molar-refractivity contribution in [3.05, 3.63) is 67.1 Å². The summed E-state index contributed by atoms with van der Waals surface area (Å²) in [7, 11) is 1.62. The molecule has 0 aromatic heterocycles. The average molecular weight is 414 g/mol. The molecule has 2 rings (SSSR count). The lowest BCUT2D eigenvalue weighted by Gasteiger charge is -2.18. The lowest BCUT2D eigenvalue weighted by molar-refractivity contribution is -0.384. The first-order valence-electron chi connectivity index (χ1n) is 5.87. The van der Waals surface area contributed by atoms with E-state index in [1.807, 2.05) is 6.07 Å². The molecule has 0 aliphatic carbocycles. The van der Waals surface area contributed by atoms with Gasteiger partial charge >= 0.3 is 0 Å². The van der Waals surface area contributed by atoms with Gasteiger partial charge in [-0.3, -0.25) is 14.9 Å². The van der Waals surface area contributed by atoms with Gasteiger partial charge in [-0.1, -0.05) is 15.9 Å². The monoisotopic (exact) mass is 412 g/mol. The summed E-state index contributed by atoms with van der Waals surface area (Å²) in [5.41, 5.74) is 1.07. The molecule has 21 heavy (non-hydrogen) atoms. The topological polar surface area (TPSA) is 63.5 Å². The Kier molecular flexibility index (Phi) is 4.74. The van der Waals surface area contributed by atoms with Crippen LogP contribution in [0.4, 0.5) is 11.4 Å². The Hall–Kier alpha value is -1.73. The van der Waals surface area contributed by atoms with Crippen LogP contribution < -0.4 is 4.90 Å². The fourth-order valence-corrected chi connectivity index (χ4v) is 2.53. The van der Waals surface area contributed by atoms with Crippen LogP contribution >= 0.6 is 31.9 Å². The van der Waals surface area contributed by atoms with E-state index in [-0.39, 0.29) is 11.6 Å². The molecule has 0 fully saturated rings. The summed E-state index contributed by atoms with van der Waals surface area (Å²) in [5, 5.41) is 10.6. The zero-order valence-electron chi connectivity index (χ0n) is 10.9. The van der Waals surface area contributed by atoms with E-state index < -0.39 is 4.92 Å². The molecule has 5 nitrogen and oxygen atoms in total. The molecule has 0 bridgehead atoms. The Balaban J connectivity index is 2.30. The third-order valence-corrected chi connectivity index (χ3v) is 4.10. The lowest BCUT2D eigenvalue weighted by atomic mass is 10.2. The number of non-ortho nitro benzene ring substituents is 1. The molecule has 1 amide bonds. The van der Waals surface area contributed by atoms with Crippen molar-refractivity contribution in [1.29, 1.82) is 0 Å². The number of carbonyl (C=O) groups is 1. The molecule has 0 saturated carbocycles. The second kappa shape index (κ2) is 6.36. The quantitative estimate of drug-likeness (QED) is 0.553. The molecule has 0 saturated heterocycles. The van der Waals surface area contributed by atoms with E-state index in [1.54, 1.807) is 31.3 Å². The van der Waals surface area contributed by atoms with Crippen LogP contribution in [0.5, 0.6) is 0 Å². The Morgan fingerprint density at radius 2 is 1.76 bits per heavy atom. The largest absolute Gasteiger partial charge is 0.311 e. The summed E-state index contributed by atoms with van der Waals surface area (Å²) < 4.78 is 1.48. The molecular weight excluding hydrogens is 404 g/mol. The molecular formula is C14H10Br2N2O3. The van der Waals surface area contributed by atoms with E-state index >= 15 is 0 Å². The van der Waals surface area contributed by atoms with Crippen LogP contribution in [-0.4, -0.2) is 17.9 Å². The van der Waals surface area contributed by atoms with Crippen LogP contribution in [0.15, 0.2) is 51.4 Å². The normalized spacial score (nSPS) is 10.2. The smallest absolute Gasteiger partial charge is 0.269 e. The summed E-state index contributed by atoms with van der Waals surface area (Å²) in [6.45, 7) is 0. The van der Waals surface area contributed by atoms with Crippen molar-refractivity contribution in [2.75, 3.05) is 11.9 Å². The van der Waals surface area contributed by atoms with Gasteiger partial charge in [0.05, 0.1) is 10.5 Å². The highest BCUT2D eigenvalue weighted by atomic mass is 79.9. The first kappa shape index (κ1) is 15.7. The molecule has 7 heteroatoms. The van der Waals surface area contributed by atoms with Gasteiger partial charge in [0, 0.05) is 33.8 Å². The number of carbonyl (C=O) groups excluding carboxylic acids is 1. The Morgan fingerprint density at radius 1 is 1.14 bits per heavy atom. The van der Waals surface area contributed by atoms with Crippen LogP contribution in [0.1, 0.15) is 10.4 Å². The maximum Gasteiger partial charge on any atom is 0.269 e. The number of amides is 1. The Bertz CT molecular complexity index is 702. The third-order valence-electron chi connectivity index (χ3n) is 2.91. The first-order valence-corrected chi connectivity index (χ1v) is 7.46. The fraction of sp³-hybridized carbons (Fsp3) is 0.0714. The highest BCUT2D eigenvalue weighted by Crippen LogP contribution is 2.25. The van der Waals surface area contributed by atoms with Crippen molar-refractivity contribution in [3.63, 3.8) is 0 Å².